The van der Waals surface area contributed by atoms with Crippen LogP contribution in [-0.2, 0) is 9.53 Å². The van der Waals surface area contributed by atoms with E-state index in [1.54, 1.807) is 0 Å². The first kappa shape index (κ1) is 11.5. The Labute approximate surface area is 106 Å². The molecule has 1 aromatic carbocycles. The van der Waals surface area contributed by atoms with E-state index in [1.165, 1.54) is 0 Å². The zero-order chi connectivity index (χ0) is 12.4. The van der Waals surface area contributed by atoms with E-state index in [-0.39, 0.29) is 18.1 Å². The van der Waals surface area contributed by atoms with Crippen LogP contribution >= 0.6 is 0 Å². The minimum atomic E-state index is -0.178. The second kappa shape index (κ2) is 4.98. The van der Waals surface area contributed by atoms with Gasteiger partial charge in [0.1, 0.15) is 12.4 Å². The third kappa shape index (κ3) is 2.48. The van der Waals surface area contributed by atoms with Gasteiger partial charge in [-0.2, -0.15) is 0 Å². The molecule has 2 saturated heterocycles. The van der Waals surface area contributed by atoms with Crippen LogP contribution in [0.5, 0.6) is 5.75 Å². The topological polar surface area (TPSA) is 42.1 Å². The number of rotatable bonds is 4. The Morgan fingerprint density at radius 2 is 2.17 bits per heavy atom. The summed E-state index contributed by atoms with van der Waals surface area (Å²) < 4.78 is 10.8. The summed E-state index contributed by atoms with van der Waals surface area (Å²) in [4.78, 5) is 13.9. The van der Waals surface area contributed by atoms with E-state index in [2.05, 4.69) is 0 Å². The Hall–Kier alpha value is -1.55. The fourth-order valence-corrected chi connectivity index (χ4v) is 2.38. The lowest BCUT2D eigenvalue weighted by atomic mass is 10.2. The molecule has 0 bridgehead atoms. The number of ether oxygens (including phenoxy) is 2. The molecule has 0 N–H and O–H groups in total. The molecule has 2 fully saturated rings. The van der Waals surface area contributed by atoms with Crippen LogP contribution in [0.1, 0.15) is 12.8 Å². The van der Waals surface area contributed by atoms with Gasteiger partial charge in [0.2, 0.25) is 0 Å². The number of epoxide rings is 1. The third-order valence-electron chi connectivity index (χ3n) is 3.45. The molecule has 18 heavy (non-hydrogen) atoms. The molecular weight excluding hydrogens is 230 g/mol. The summed E-state index contributed by atoms with van der Waals surface area (Å²) in [5.74, 6) is 0.994. The number of carbonyl (C=O) groups is 1. The lowest BCUT2D eigenvalue weighted by Gasteiger charge is -2.24. The number of benzene rings is 1. The first-order valence-corrected chi connectivity index (χ1v) is 6.44. The van der Waals surface area contributed by atoms with E-state index in [4.69, 9.17) is 9.47 Å². The molecule has 0 radical (unpaired) electrons. The van der Waals surface area contributed by atoms with Crippen molar-refractivity contribution in [3.63, 3.8) is 0 Å². The van der Waals surface area contributed by atoms with Gasteiger partial charge in [-0.05, 0) is 25.0 Å². The number of amides is 1. The molecule has 2 aliphatic heterocycles. The van der Waals surface area contributed by atoms with Crippen molar-refractivity contribution < 1.29 is 14.3 Å². The van der Waals surface area contributed by atoms with Crippen molar-refractivity contribution in [1.29, 1.82) is 0 Å². The van der Waals surface area contributed by atoms with Crippen molar-refractivity contribution in [1.82, 2.24) is 4.90 Å². The largest absolute Gasteiger partial charge is 0.491 e. The molecule has 2 atom stereocenters. The number of hydrogen-bond donors (Lipinski definition) is 0. The zero-order valence-corrected chi connectivity index (χ0v) is 10.2. The average Bonchev–Trinajstić information content (AvgIpc) is 3.15. The third-order valence-corrected chi connectivity index (χ3v) is 3.45. The molecule has 96 valence electrons. The van der Waals surface area contributed by atoms with Gasteiger partial charge in [-0.25, -0.2) is 0 Å². The predicted octanol–water partition coefficient (Wildman–Crippen LogP) is 1.46. The first-order valence-electron chi connectivity index (χ1n) is 6.44. The summed E-state index contributed by atoms with van der Waals surface area (Å²) in [7, 11) is 0. The summed E-state index contributed by atoms with van der Waals surface area (Å²) >= 11 is 0. The molecule has 2 heterocycles. The molecule has 0 spiro atoms. The molecule has 0 aliphatic carbocycles. The highest BCUT2D eigenvalue weighted by Gasteiger charge is 2.39. The molecular formula is C14H17NO3. The summed E-state index contributed by atoms with van der Waals surface area (Å²) in [6.45, 7) is 1.99. The molecule has 3 rings (SSSR count). The van der Waals surface area contributed by atoms with Gasteiger partial charge in [0.25, 0.3) is 5.91 Å². The van der Waals surface area contributed by atoms with E-state index in [0.29, 0.717) is 13.2 Å². The van der Waals surface area contributed by atoms with Gasteiger partial charge in [0.05, 0.1) is 12.6 Å². The Morgan fingerprint density at radius 1 is 1.39 bits per heavy atom. The van der Waals surface area contributed by atoms with E-state index in [1.807, 2.05) is 35.2 Å². The number of likely N-dealkylation sites (tertiary alicyclic amines) is 1. The predicted molar refractivity (Wildman–Crippen MR) is 66.4 cm³/mol. The first-order chi connectivity index (χ1) is 8.84. The average molecular weight is 247 g/mol. The summed E-state index contributed by atoms with van der Waals surface area (Å²) in [5, 5.41) is 0. The molecule has 4 nitrogen and oxygen atoms in total. The highest BCUT2D eigenvalue weighted by atomic mass is 16.6. The molecule has 0 saturated carbocycles. The highest BCUT2D eigenvalue weighted by Crippen LogP contribution is 2.23. The van der Waals surface area contributed by atoms with Crippen LogP contribution in [-0.4, -0.2) is 42.7 Å². The van der Waals surface area contributed by atoms with Crippen LogP contribution in [0.3, 0.4) is 0 Å². The van der Waals surface area contributed by atoms with Gasteiger partial charge in [-0.1, -0.05) is 18.2 Å². The van der Waals surface area contributed by atoms with Crippen molar-refractivity contribution in [2.45, 2.75) is 25.0 Å². The van der Waals surface area contributed by atoms with Gasteiger partial charge in [-0.15, -0.1) is 0 Å². The monoisotopic (exact) mass is 247 g/mol. The van der Waals surface area contributed by atoms with Crippen molar-refractivity contribution >= 4 is 5.91 Å². The second-order valence-electron chi connectivity index (χ2n) is 4.77. The smallest absolute Gasteiger partial charge is 0.254 e. The van der Waals surface area contributed by atoms with Crippen LogP contribution in [0.2, 0.25) is 0 Å². The zero-order valence-electron chi connectivity index (χ0n) is 10.2. The number of hydrogen-bond acceptors (Lipinski definition) is 3. The fourth-order valence-electron chi connectivity index (χ4n) is 2.38. The normalized spacial score (nSPS) is 26.1. The van der Waals surface area contributed by atoms with Crippen LogP contribution in [0, 0.1) is 0 Å². The van der Waals surface area contributed by atoms with Crippen molar-refractivity contribution in [3.05, 3.63) is 30.3 Å². The van der Waals surface area contributed by atoms with Crippen LogP contribution in [0.25, 0.3) is 0 Å². The number of nitrogens with zero attached hydrogens (tertiary/aromatic N) is 1. The maximum absolute atomic E-state index is 12.0. The minimum absolute atomic E-state index is 0.133. The van der Waals surface area contributed by atoms with Gasteiger partial charge in [0.15, 0.2) is 6.10 Å². The highest BCUT2D eigenvalue weighted by molar-refractivity contribution is 5.83. The van der Waals surface area contributed by atoms with Crippen LogP contribution in [0.15, 0.2) is 30.3 Å². The number of para-hydroxylation sites is 1. The van der Waals surface area contributed by atoms with Gasteiger partial charge < -0.3 is 14.4 Å². The maximum Gasteiger partial charge on any atom is 0.254 e. The lowest BCUT2D eigenvalue weighted by molar-refractivity contribution is -0.133. The van der Waals surface area contributed by atoms with Gasteiger partial charge in [-0.3, -0.25) is 4.79 Å². The Kier molecular flexibility index (Phi) is 3.19. The van der Waals surface area contributed by atoms with Crippen molar-refractivity contribution in [3.8, 4) is 5.75 Å². The van der Waals surface area contributed by atoms with Crippen LogP contribution < -0.4 is 4.74 Å². The quantitative estimate of drug-likeness (QED) is 0.756. The Morgan fingerprint density at radius 3 is 2.89 bits per heavy atom. The van der Waals surface area contributed by atoms with E-state index >= 15 is 0 Å². The molecule has 1 unspecified atom stereocenters. The van der Waals surface area contributed by atoms with E-state index < -0.39 is 0 Å². The molecule has 0 aromatic heterocycles. The van der Waals surface area contributed by atoms with Crippen molar-refractivity contribution in [2.75, 3.05) is 19.8 Å². The summed E-state index contributed by atoms with van der Waals surface area (Å²) in [6.07, 6.45) is 1.90. The molecule has 1 amide bonds. The molecule has 4 heteroatoms. The molecule has 2 aliphatic rings. The molecule has 1 aromatic rings. The van der Waals surface area contributed by atoms with E-state index in [0.717, 1.165) is 25.1 Å². The lowest BCUT2D eigenvalue weighted by Crippen LogP contribution is -2.41. The van der Waals surface area contributed by atoms with Gasteiger partial charge in [0, 0.05) is 6.54 Å². The summed E-state index contributed by atoms with van der Waals surface area (Å²) in [6, 6.07) is 9.93. The number of carbonyl (C=O) groups excluding carboxylic acids is 1. The Bertz CT molecular complexity index is 416. The van der Waals surface area contributed by atoms with Crippen molar-refractivity contribution in [2.24, 2.45) is 0 Å². The van der Waals surface area contributed by atoms with E-state index in [9.17, 15) is 4.79 Å². The Balaban J connectivity index is 1.56. The van der Waals surface area contributed by atoms with Crippen LogP contribution in [0.4, 0.5) is 0 Å². The standard InChI is InChI=1S/C14H17NO3/c16-14(13-10-18-13)15-8-4-5-11(15)9-17-12-6-2-1-3-7-12/h1-3,6-7,11,13H,4-5,8-10H2/t11-,13?/m0/s1. The maximum atomic E-state index is 12.0. The minimum Gasteiger partial charge on any atom is -0.491 e. The van der Waals surface area contributed by atoms with Gasteiger partial charge >= 0.3 is 0 Å². The summed E-state index contributed by atoms with van der Waals surface area (Å²) in [5.41, 5.74) is 0. The second-order valence-corrected chi connectivity index (χ2v) is 4.77. The fraction of sp³-hybridized carbons (Fsp3) is 0.500. The SMILES string of the molecule is O=C(C1CO1)N1CCC[C@H]1COc1ccccc1.